The number of amides is 1. The third-order valence-corrected chi connectivity index (χ3v) is 1.83. The summed E-state index contributed by atoms with van der Waals surface area (Å²) in [6, 6.07) is 7.30. The number of carbonyl (C=O) groups excluding carboxylic acids is 1. The van der Waals surface area contributed by atoms with Crippen LogP contribution < -0.4 is 5.73 Å². The van der Waals surface area contributed by atoms with Crippen molar-refractivity contribution < 1.29 is 4.79 Å². The Bertz CT molecular complexity index is 427. The van der Waals surface area contributed by atoms with E-state index in [0.717, 1.165) is 11.1 Å². The van der Waals surface area contributed by atoms with Gasteiger partial charge in [0.15, 0.2) is 0 Å². The highest BCUT2D eigenvalue weighted by Gasteiger charge is 1.96. The molecular formula is C11H10N2O. The summed E-state index contributed by atoms with van der Waals surface area (Å²) < 4.78 is 0. The van der Waals surface area contributed by atoms with E-state index >= 15 is 0 Å². The quantitative estimate of drug-likeness (QED) is 0.708. The molecule has 2 N–H and O–H groups in total. The number of aryl methyl sites for hydroxylation is 1. The SMILES string of the molecule is Cc1cc(C#N)ccc1C=CC(N)=O. The van der Waals surface area contributed by atoms with Crippen molar-refractivity contribution in [1.29, 1.82) is 5.26 Å². The van der Waals surface area contributed by atoms with E-state index in [1.54, 1.807) is 24.3 Å². The molecule has 1 rings (SSSR count). The van der Waals surface area contributed by atoms with Gasteiger partial charge in [0, 0.05) is 6.08 Å². The van der Waals surface area contributed by atoms with E-state index in [1.807, 2.05) is 13.0 Å². The summed E-state index contributed by atoms with van der Waals surface area (Å²) >= 11 is 0. The standard InChI is InChI=1S/C11H10N2O/c1-8-6-9(7-12)2-3-10(8)4-5-11(13)14/h2-6H,1H3,(H2,13,14). The van der Waals surface area contributed by atoms with Gasteiger partial charge in [-0.15, -0.1) is 0 Å². The highest BCUT2D eigenvalue weighted by Crippen LogP contribution is 2.11. The fourth-order valence-corrected chi connectivity index (χ4v) is 1.10. The number of benzene rings is 1. The van der Waals surface area contributed by atoms with Gasteiger partial charge in [0.1, 0.15) is 0 Å². The van der Waals surface area contributed by atoms with Crippen LogP contribution in [0, 0.1) is 18.3 Å². The maximum Gasteiger partial charge on any atom is 0.241 e. The molecule has 3 heteroatoms. The van der Waals surface area contributed by atoms with E-state index in [4.69, 9.17) is 11.0 Å². The van der Waals surface area contributed by atoms with Gasteiger partial charge >= 0.3 is 0 Å². The van der Waals surface area contributed by atoms with Crippen LogP contribution in [-0.2, 0) is 4.79 Å². The van der Waals surface area contributed by atoms with Gasteiger partial charge in [0.05, 0.1) is 11.6 Å². The summed E-state index contributed by atoms with van der Waals surface area (Å²) in [5.74, 6) is -0.478. The molecule has 0 atom stereocenters. The number of hydrogen-bond acceptors (Lipinski definition) is 2. The lowest BCUT2D eigenvalue weighted by atomic mass is 10.1. The number of carbonyl (C=O) groups is 1. The molecule has 1 aromatic carbocycles. The zero-order valence-corrected chi connectivity index (χ0v) is 7.82. The Morgan fingerprint density at radius 2 is 2.29 bits per heavy atom. The molecule has 0 aliphatic rings. The first-order chi connectivity index (χ1) is 6.63. The molecule has 0 unspecified atom stereocenters. The fraction of sp³-hybridized carbons (Fsp3) is 0.0909. The minimum atomic E-state index is -0.478. The molecule has 0 saturated heterocycles. The molecule has 0 saturated carbocycles. The van der Waals surface area contributed by atoms with Crippen molar-refractivity contribution in [1.82, 2.24) is 0 Å². The highest BCUT2D eigenvalue weighted by molar-refractivity contribution is 5.90. The minimum Gasteiger partial charge on any atom is -0.366 e. The van der Waals surface area contributed by atoms with E-state index < -0.39 is 5.91 Å². The molecule has 0 radical (unpaired) electrons. The predicted octanol–water partition coefficient (Wildman–Crippen LogP) is 1.37. The second-order valence-corrected chi connectivity index (χ2v) is 2.92. The van der Waals surface area contributed by atoms with Crippen molar-refractivity contribution in [2.24, 2.45) is 5.73 Å². The second-order valence-electron chi connectivity index (χ2n) is 2.92. The number of hydrogen-bond donors (Lipinski definition) is 1. The lowest BCUT2D eigenvalue weighted by Crippen LogP contribution is -2.05. The van der Waals surface area contributed by atoms with Crippen molar-refractivity contribution in [3.8, 4) is 6.07 Å². The number of nitriles is 1. The van der Waals surface area contributed by atoms with Gasteiger partial charge in [-0.3, -0.25) is 4.79 Å². The Balaban J connectivity index is 3.02. The molecule has 0 aliphatic carbocycles. The fourth-order valence-electron chi connectivity index (χ4n) is 1.10. The first kappa shape index (κ1) is 10.0. The molecule has 14 heavy (non-hydrogen) atoms. The number of primary amides is 1. The van der Waals surface area contributed by atoms with Crippen LogP contribution in [0.15, 0.2) is 24.3 Å². The monoisotopic (exact) mass is 186 g/mol. The Morgan fingerprint density at radius 1 is 1.57 bits per heavy atom. The zero-order chi connectivity index (χ0) is 10.6. The Labute approximate surface area is 82.5 Å². The third kappa shape index (κ3) is 2.46. The van der Waals surface area contributed by atoms with Crippen LogP contribution in [0.5, 0.6) is 0 Å². The van der Waals surface area contributed by atoms with Crippen LogP contribution in [0.4, 0.5) is 0 Å². The van der Waals surface area contributed by atoms with Crippen LogP contribution in [0.2, 0.25) is 0 Å². The summed E-state index contributed by atoms with van der Waals surface area (Å²) in [6.07, 6.45) is 2.94. The van der Waals surface area contributed by atoms with E-state index in [1.165, 1.54) is 6.08 Å². The Morgan fingerprint density at radius 3 is 2.79 bits per heavy atom. The molecular weight excluding hydrogens is 176 g/mol. The van der Waals surface area contributed by atoms with Gasteiger partial charge in [-0.25, -0.2) is 0 Å². The second kappa shape index (κ2) is 4.24. The molecule has 0 spiro atoms. The number of nitrogens with zero attached hydrogens (tertiary/aromatic N) is 1. The molecule has 3 nitrogen and oxygen atoms in total. The molecule has 0 fully saturated rings. The maximum absolute atomic E-state index is 10.5. The molecule has 0 aliphatic heterocycles. The molecule has 0 aromatic heterocycles. The lowest BCUT2D eigenvalue weighted by Gasteiger charge is -1.99. The van der Waals surface area contributed by atoms with Gasteiger partial charge in [0.25, 0.3) is 0 Å². The number of nitrogens with two attached hydrogens (primary N) is 1. The van der Waals surface area contributed by atoms with Crippen molar-refractivity contribution in [3.05, 3.63) is 41.0 Å². The van der Waals surface area contributed by atoms with Crippen LogP contribution >= 0.6 is 0 Å². The molecule has 70 valence electrons. The summed E-state index contributed by atoms with van der Waals surface area (Å²) in [5.41, 5.74) is 7.42. The average Bonchev–Trinajstić information content (AvgIpc) is 2.15. The van der Waals surface area contributed by atoms with Crippen molar-refractivity contribution in [2.75, 3.05) is 0 Å². The topological polar surface area (TPSA) is 66.9 Å². The van der Waals surface area contributed by atoms with Crippen LogP contribution in [0.25, 0.3) is 6.08 Å². The van der Waals surface area contributed by atoms with Crippen LogP contribution in [-0.4, -0.2) is 5.91 Å². The number of rotatable bonds is 2. The summed E-state index contributed by atoms with van der Waals surface area (Å²) in [6.45, 7) is 1.88. The van der Waals surface area contributed by atoms with Gasteiger partial charge in [-0.05, 0) is 36.3 Å². The summed E-state index contributed by atoms with van der Waals surface area (Å²) in [5, 5.41) is 8.63. The van der Waals surface area contributed by atoms with E-state index in [9.17, 15) is 4.79 Å². The third-order valence-electron chi connectivity index (χ3n) is 1.83. The van der Waals surface area contributed by atoms with Gasteiger partial charge < -0.3 is 5.73 Å². The van der Waals surface area contributed by atoms with Crippen molar-refractivity contribution in [2.45, 2.75) is 6.92 Å². The highest BCUT2D eigenvalue weighted by atomic mass is 16.1. The van der Waals surface area contributed by atoms with Gasteiger partial charge in [-0.2, -0.15) is 5.26 Å². The van der Waals surface area contributed by atoms with Gasteiger partial charge in [0.2, 0.25) is 5.91 Å². The Hall–Kier alpha value is -2.08. The minimum absolute atomic E-state index is 0.478. The molecule has 1 aromatic rings. The van der Waals surface area contributed by atoms with Crippen LogP contribution in [0.1, 0.15) is 16.7 Å². The van der Waals surface area contributed by atoms with E-state index in [2.05, 4.69) is 0 Å². The van der Waals surface area contributed by atoms with E-state index in [-0.39, 0.29) is 0 Å². The first-order valence-electron chi connectivity index (χ1n) is 4.12. The maximum atomic E-state index is 10.5. The largest absolute Gasteiger partial charge is 0.366 e. The zero-order valence-electron chi connectivity index (χ0n) is 7.82. The van der Waals surface area contributed by atoms with E-state index in [0.29, 0.717) is 5.56 Å². The molecule has 0 bridgehead atoms. The predicted molar refractivity (Wildman–Crippen MR) is 54.1 cm³/mol. The lowest BCUT2D eigenvalue weighted by molar-refractivity contribution is -0.113. The van der Waals surface area contributed by atoms with Gasteiger partial charge in [-0.1, -0.05) is 6.07 Å². The summed E-state index contributed by atoms with van der Waals surface area (Å²) in [7, 11) is 0. The average molecular weight is 186 g/mol. The smallest absolute Gasteiger partial charge is 0.241 e. The Kier molecular flexibility index (Phi) is 3.03. The van der Waals surface area contributed by atoms with Crippen LogP contribution in [0.3, 0.4) is 0 Å². The van der Waals surface area contributed by atoms with Crippen molar-refractivity contribution in [3.63, 3.8) is 0 Å². The first-order valence-corrected chi connectivity index (χ1v) is 4.12. The molecule has 1 amide bonds. The summed E-state index contributed by atoms with van der Waals surface area (Å²) in [4.78, 5) is 10.5. The molecule has 0 heterocycles. The van der Waals surface area contributed by atoms with Crippen molar-refractivity contribution >= 4 is 12.0 Å². The normalized spacial score (nSPS) is 10.0.